The van der Waals surface area contributed by atoms with Crippen molar-refractivity contribution < 1.29 is 4.52 Å². The number of fused-ring (bicyclic) bond motifs is 3. The average Bonchev–Trinajstić information content (AvgIpc) is 3.26. The molecule has 0 aliphatic rings. The third-order valence-corrected chi connectivity index (χ3v) is 4.45. The van der Waals surface area contributed by atoms with Crippen molar-refractivity contribution in [3.8, 4) is 17.1 Å². The second kappa shape index (κ2) is 5.42. The first-order valence-electron chi connectivity index (χ1n) is 8.24. The van der Waals surface area contributed by atoms with Gasteiger partial charge in [-0.05, 0) is 36.4 Å². The summed E-state index contributed by atoms with van der Waals surface area (Å²) in [5.41, 5.74) is 4.34. The van der Waals surface area contributed by atoms with Crippen LogP contribution in [0.3, 0.4) is 0 Å². The molecule has 3 heterocycles. The summed E-state index contributed by atoms with van der Waals surface area (Å²) in [4.78, 5) is 20.2. The predicted molar refractivity (Wildman–Crippen MR) is 99.4 cm³/mol. The zero-order chi connectivity index (χ0) is 17.7. The summed E-state index contributed by atoms with van der Waals surface area (Å²) in [6.45, 7) is 1.75. The van der Waals surface area contributed by atoms with Crippen LogP contribution in [0.5, 0.6) is 0 Å². The van der Waals surface area contributed by atoms with E-state index in [0.29, 0.717) is 11.7 Å². The van der Waals surface area contributed by atoms with E-state index in [1.54, 1.807) is 17.6 Å². The van der Waals surface area contributed by atoms with Crippen LogP contribution < -0.4 is 5.56 Å². The van der Waals surface area contributed by atoms with Gasteiger partial charge < -0.3 is 9.51 Å². The molecule has 6 nitrogen and oxygen atoms in total. The van der Waals surface area contributed by atoms with Crippen LogP contribution >= 0.6 is 0 Å². The first-order valence-corrected chi connectivity index (χ1v) is 8.24. The Morgan fingerprint density at radius 2 is 1.77 bits per heavy atom. The molecular weight excluding hydrogens is 328 g/mol. The van der Waals surface area contributed by atoms with E-state index in [4.69, 9.17) is 4.52 Å². The number of benzene rings is 2. The topological polar surface area (TPSA) is 76.7 Å². The number of hydrogen-bond donors (Lipinski definition) is 1. The van der Waals surface area contributed by atoms with E-state index in [9.17, 15) is 4.79 Å². The molecule has 3 aromatic heterocycles. The third-order valence-electron chi connectivity index (χ3n) is 4.45. The fraction of sp³-hybridized carbons (Fsp3) is 0.0500. The predicted octanol–water partition coefficient (Wildman–Crippen LogP) is 3.83. The second-order valence-electron chi connectivity index (χ2n) is 6.12. The third kappa shape index (κ3) is 2.16. The van der Waals surface area contributed by atoms with Crippen molar-refractivity contribution >= 4 is 21.9 Å². The molecule has 5 rings (SSSR count). The molecule has 26 heavy (non-hydrogen) atoms. The molecule has 0 saturated heterocycles. The fourth-order valence-electron chi connectivity index (χ4n) is 3.28. The van der Waals surface area contributed by atoms with Crippen molar-refractivity contribution in [1.82, 2.24) is 19.7 Å². The number of H-pyrrole nitrogens is 1. The summed E-state index contributed by atoms with van der Waals surface area (Å²) in [7, 11) is 0. The minimum absolute atomic E-state index is 0.0783. The van der Waals surface area contributed by atoms with Crippen LogP contribution in [0.4, 0.5) is 0 Å². The second-order valence-corrected chi connectivity index (χ2v) is 6.12. The lowest BCUT2D eigenvalue weighted by molar-refractivity contribution is 0.394. The monoisotopic (exact) mass is 342 g/mol. The molecular formula is C20H14N4O2. The van der Waals surface area contributed by atoms with Crippen molar-refractivity contribution in [2.24, 2.45) is 0 Å². The number of rotatable bonds is 2. The number of aromatic nitrogens is 4. The zero-order valence-corrected chi connectivity index (χ0v) is 13.9. The van der Waals surface area contributed by atoms with E-state index >= 15 is 0 Å². The van der Waals surface area contributed by atoms with Crippen molar-refractivity contribution in [3.05, 3.63) is 76.9 Å². The van der Waals surface area contributed by atoms with Crippen LogP contribution in [0.1, 0.15) is 5.89 Å². The summed E-state index contributed by atoms with van der Waals surface area (Å²) in [5, 5.41) is 4.94. The highest BCUT2D eigenvalue weighted by Crippen LogP contribution is 2.26. The smallest absolute Gasteiger partial charge is 0.255 e. The lowest BCUT2D eigenvalue weighted by Crippen LogP contribution is -2.16. The number of para-hydroxylation sites is 1. The lowest BCUT2D eigenvalue weighted by Gasteiger charge is -2.08. The molecule has 1 N–H and O–H groups in total. The normalized spacial score (nSPS) is 11.4. The maximum atomic E-state index is 12.6. The van der Waals surface area contributed by atoms with Gasteiger partial charge in [0.25, 0.3) is 5.56 Å². The number of aromatic amines is 1. The molecule has 0 aliphatic carbocycles. The molecule has 0 amide bonds. The minimum Gasteiger partial charge on any atom is -0.353 e. The van der Waals surface area contributed by atoms with E-state index in [0.717, 1.165) is 33.2 Å². The summed E-state index contributed by atoms with van der Waals surface area (Å²) >= 11 is 0. The number of nitrogens with one attached hydrogen (secondary N) is 1. The van der Waals surface area contributed by atoms with E-state index < -0.39 is 0 Å². The van der Waals surface area contributed by atoms with E-state index in [2.05, 4.69) is 15.1 Å². The largest absolute Gasteiger partial charge is 0.353 e. The van der Waals surface area contributed by atoms with Gasteiger partial charge in [-0.3, -0.25) is 9.36 Å². The highest BCUT2D eigenvalue weighted by Gasteiger charge is 2.12. The van der Waals surface area contributed by atoms with Gasteiger partial charge in [-0.25, -0.2) is 0 Å². The van der Waals surface area contributed by atoms with Crippen LogP contribution in [0.15, 0.2) is 70.0 Å². The molecule has 0 spiro atoms. The Bertz CT molecular complexity index is 1310. The molecule has 0 radical (unpaired) electrons. The average molecular weight is 342 g/mol. The van der Waals surface area contributed by atoms with Gasteiger partial charge in [0.2, 0.25) is 11.7 Å². The SMILES string of the molecule is Cc1nc(-c2ccc(-n3c(=O)ccc4[nH]c5ccccc5c43)cc2)no1. The van der Waals surface area contributed by atoms with Crippen LogP contribution in [-0.2, 0) is 0 Å². The van der Waals surface area contributed by atoms with Crippen molar-refractivity contribution in [2.45, 2.75) is 6.92 Å². The fourth-order valence-corrected chi connectivity index (χ4v) is 3.28. The molecule has 6 heteroatoms. The van der Waals surface area contributed by atoms with E-state index in [-0.39, 0.29) is 5.56 Å². The van der Waals surface area contributed by atoms with E-state index in [1.165, 1.54) is 0 Å². The molecule has 0 aliphatic heterocycles. The van der Waals surface area contributed by atoms with Crippen molar-refractivity contribution in [1.29, 1.82) is 0 Å². The van der Waals surface area contributed by atoms with E-state index in [1.807, 2.05) is 54.6 Å². The number of pyridine rings is 1. The van der Waals surface area contributed by atoms with Crippen LogP contribution in [0.2, 0.25) is 0 Å². The first kappa shape index (κ1) is 14.7. The van der Waals surface area contributed by atoms with Crippen molar-refractivity contribution in [3.63, 3.8) is 0 Å². The van der Waals surface area contributed by atoms with Crippen LogP contribution in [-0.4, -0.2) is 19.7 Å². The summed E-state index contributed by atoms with van der Waals surface area (Å²) in [5.74, 6) is 1.05. The van der Waals surface area contributed by atoms with Gasteiger partial charge >= 0.3 is 0 Å². The summed E-state index contributed by atoms with van der Waals surface area (Å²) in [6, 6.07) is 18.9. The molecule has 0 bridgehead atoms. The summed E-state index contributed by atoms with van der Waals surface area (Å²) in [6.07, 6.45) is 0. The molecule has 0 saturated carbocycles. The van der Waals surface area contributed by atoms with Gasteiger partial charge in [0.15, 0.2) is 0 Å². The standard InChI is InChI=1S/C20H14N4O2/c1-12-21-20(23-26-12)13-6-8-14(9-7-13)24-18(25)11-10-17-19(24)15-4-2-3-5-16(15)22-17/h2-11,22H,1H3. The molecule has 126 valence electrons. The Labute approximate surface area is 147 Å². The molecule has 0 fully saturated rings. The van der Waals surface area contributed by atoms with Gasteiger partial charge in [-0.2, -0.15) is 4.98 Å². The highest BCUT2D eigenvalue weighted by molar-refractivity contribution is 6.05. The Morgan fingerprint density at radius 1 is 0.962 bits per heavy atom. The Morgan fingerprint density at radius 3 is 2.54 bits per heavy atom. The van der Waals surface area contributed by atoms with Crippen molar-refractivity contribution in [2.75, 3.05) is 0 Å². The van der Waals surface area contributed by atoms with Crippen LogP contribution in [0, 0.1) is 6.92 Å². The molecule has 0 unspecified atom stereocenters. The van der Waals surface area contributed by atoms with Gasteiger partial charge in [0, 0.05) is 35.1 Å². The Hall–Kier alpha value is -3.67. The van der Waals surface area contributed by atoms with Gasteiger partial charge in [0.05, 0.1) is 11.0 Å². The molecule has 0 atom stereocenters. The quantitative estimate of drug-likeness (QED) is 0.529. The molecule has 2 aromatic carbocycles. The maximum Gasteiger partial charge on any atom is 0.255 e. The number of nitrogens with zero attached hydrogens (tertiary/aromatic N) is 3. The van der Waals surface area contributed by atoms with Gasteiger partial charge in [0.1, 0.15) is 0 Å². The zero-order valence-electron chi connectivity index (χ0n) is 13.9. The maximum absolute atomic E-state index is 12.6. The number of aryl methyl sites for hydroxylation is 1. The minimum atomic E-state index is -0.0783. The van der Waals surface area contributed by atoms with Gasteiger partial charge in [-0.1, -0.05) is 23.4 Å². The molecule has 5 aromatic rings. The number of hydrogen-bond acceptors (Lipinski definition) is 4. The Kier molecular flexibility index (Phi) is 3.05. The lowest BCUT2D eigenvalue weighted by atomic mass is 10.1. The highest BCUT2D eigenvalue weighted by atomic mass is 16.5. The first-order chi connectivity index (χ1) is 12.7. The Balaban J connectivity index is 1.73. The summed E-state index contributed by atoms with van der Waals surface area (Å²) < 4.78 is 6.75. The van der Waals surface area contributed by atoms with Gasteiger partial charge in [-0.15, -0.1) is 0 Å². The van der Waals surface area contributed by atoms with Crippen LogP contribution in [0.25, 0.3) is 39.0 Å².